The molecule has 2 aliphatic heterocycles. The molecule has 4 rings (SSSR count). The average molecular weight is 498 g/mol. The summed E-state index contributed by atoms with van der Waals surface area (Å²) >= 11 is 0. The van der Waals surface area contributed by atoms with E-state index in [0.29, 0.717) is 80.2 Å². The van der Waals surface area contributed by atoms with Gasteiger partial charge in [-0.3, -0.25) is 19.5 Å². The maximum atomic E-state index is 12.7. The molecule has 0 fully saturated rings. The Hall–Kier alpha value is -3.77. The number of amides is 2. The van der Waals surface area contributed by atoms with E-state index in [4.69, 9.17) is 14.2 Å². The molecule has 0 aliphatic carbocycles. The summed E-state index contributed by atoms with van der Waals surface area (Å²) in [5.41, 5.74) is 1.24. The van der Waals surface area contributed by atoms with Crippen molar-refractivity contribution in [3.8, 4) is 11.5 Å². The molecule has 3 N–H and O–H groups in total. The topological polar surface area (TPSA) is 139 Å². The number of aromatic nitrogens is 2. The highest BCUT2D eigenvalue weighted by Gasteiger charge is 2.33. The van der Waals surface area contributed by atoms with Crippen molar-refractivity contribution in [1.29, 1.82) is 0 Å². The van der Waals surface area contributed by atoms with Crippen LogP contribution < -0.4 is 25.4 Å². The van der Waals surface area contributed by atoms with Crippen LogP contribution in [0.25, 0.3) is 0 Å². The summed E-state index contributed by atoms with van der Waals surface area (Å²) in [6.45, 7) is 3.32. The van der Waals surface area contributed by atoms with Gasteiger partial charge in [-0.05, 0) is 18.6 Å². The van der Waals surface area contributed by atoms with Crippen molar-refractivity contribution in [2.24, 2.45) is 4.99 Å². The molecule has 0 spiro atoms. The first-order valence-electron chi connectivity index (χ1n) is 11.8. The summed E-state index contributed by atoms with van der Waals surface area (Å²) in [4.78, 5) is 40.3. The fraction of sp³-hybridized carbons (Fsp3) is 0.458. The van der Waals surface area contributed by atoms with E-state index in [9.17, 15) is 9.59 Å². The molecule has 36 heavy (non-hydrogen) atoms. The summed E-state index contributed by atoms with van der Waals surface area (Å²) in [5, 5.41) is 8.90. The number of hydrogen-bond donors (Lipinski definition) is 3. The second kappa shape index (κ2) is 12.3. The minimum absolute atomic E-state index is 0.0871. The summed E-state index contributed by atoms with van der Waals surface area (Å²) in [6, 6.07) is 5.34. The predicted molar refractivity (Wildman–Crippen MR) is 134 cm³/mol. The number of benzene rings is 1. The molecule has 2 amide bonds. The van der Waals surface area contributed by atoms with Crippen molar-refractivity contribution in [2.45, 2.75) is 12.3 Å². The fourth-order valence-corrected chi connectivity index (χ4v) is 4.02. The van der Waals surface area contributed by atoms with Gasteiger partial charge in [0.25, 0.3) is 0 Å². The number of rotatable bonds is 4. The minimum atomic E-state index is -0.666. The number of ether oxygens (including phenoxy) is 3. The van der Waals surface area contributed by atoms with Gasteiger partial charge in [-0.25, -0.2) is 9.97 Å². The summed E-state index contributed by atoms with van der Waals surface area (Å²) in [5.74, 6) is 1.10. The highest BCUT2D eigenvalue weighted by Crippen LogP contribution is 2.36. The van der Waals surface area contributed by atoms with Crippen molar-refractivity contribution in [3.63, 3.8) is 0 Å². The van der Waals surface area contributed by atoms with Gasteiger partial charge in [-0.1, -0.05) is 0 Å². The number of hydrogen-bond acceptors (Lipinski definition) is 10. The predicted octanol–water partition coefficient (Wildman–Crippen LogP) is 1.18. The van der Waals surface area contributed by atoms with Crippen LogP contribution in [0.4, 0.5) is 17.3 Å². The van der Waals surface area contributed by atoms with Gasteiger partial charge in [0.05, 0.1) is 38.1 Å². The third-order valence-electron chi connectivity index (χ3n) is 5.83. The lowest BCUT2D eigenvalue weighted by atomic mass is 10.0. The maximum Gasteiger partial charge on any atom is 0.238 e. The molecule has 1 aromatic heterocycles. The number of nitrogens with one attached hydrogen (secondary N) is 3. The van der Waals surface area contributed by atoms with E-state index in [-0.39, 0.29) is 18.4 Å². The van der Waals surface area contributed by atoms with Crippen molar-refractivity contribution in [2.75, 3.05) is 70.8 Å². The lowest BCUT2D eigenvalue weighted by Crippen LogP contribution is -2.41. The van der Waals surface area contributed by atoms with Crippen LogP contribution in [-0.2, 0) is 14.3 Å². The molecule has 2 bridgehead atoms. The van der Waals surface area contributed by atoms with Gasteiger partial charge in [-0.2, -0.15) is 0 Å². The van der Waals surface area contributed by atoms with E-state index >= 15 is 0 Å². The van der Waals surface area contributed by atoms with Crippen LogP contribution in [-0.4, -0.2) is 93.1 Å². The van der Waals surface area contributed by atoms with E-state index < -0.39 is 5.92 Å². The van der Waals surface area contributed by atoms with E-state index in [1.165, 1.54) is 6.33 Å². The molecule has 0 saturated carbocycles. The van der Waals surface area contributed by atoms with E-state index in [0.717, 1.165) is 0 Å². The van der Waals surface area contributed by atoms with Gasteiger partial charge in [0, 0.05) is 45.6 Å². The van der Waals surface area contributed by atoms with E-state index in [2.05, 4.69) is 30.9 Å². The monoisotopic (exact) mass is 497 g/mol. The molecule has 0 saturated heterocycles. The quantitative estimate of drug-likeness (QED) is 0.568. The molecule has 2 aromatic rings. The highest BCUT2D eigenvalue weighted by atomic mass is 16.5. The Labute approximate surface area is 209 Å². The zero-order chi connectivity index (χ0) is 25.3. The lowest BCUT2D eigenvalue weighted by Gasteiger charge is -2.21. The standard InChI is InChI=1S/C24H31N7O5/c1-34-11-9-31-8-3-10-36-19-12-16(4-5-18(19)35-2)27-13-17-21-22(26-7-6-25-20(32)14-31)28-15-29-23(21)30-24(17)33/h4-5,12-13,15,17H,3,6-11,14H2,1-2H3,(H,25,32)(H2,26,28,29,30,33). The van der Waals surface area contributed by atoms with Crippen molar-refractivity contribution >= 4 is 35.4 Å². The van der Waals surface area contributed by atoms with Gasteiger partial charge in [0.15, 0.2) is 11.5 Å². The fourth-order valence-electron chi connectivity index (χ4n) is 4.02. The molecule has 12 heteroatoms. The average Bonchev–Trinajstić information content (AvgIpc) is 3.21. The Balaban J connectivity index is 1.60. The lowest BCUT2D eigenvalue weighted by molar-refractivity contribution is -0.122. The van der Waals surface area contributed by atoms with Crippen LogP contribution in [0.3, 0.4) is 0 Å². The highest BCUT2D eigenvalue weighted by molar-refractivity contribution is 6.13. The van der Waals surface area contributed by atoms with Crippen LogP contribution >= 0.6 is 0 Å². The number of aliphatic imine (C=N–C) groups is 1. The second-order valence-corrected chi connectivity index (χ2v) is 8.31. The first-order valence-corrected chi connectivity index (χ1v) is 11.8. The number of nitrogens with zero attached hydrogens (tertiary/aromatic N) is 4. The third kappa shape index (κ3) is 6.26. The van der Waals surface area contributed by atoms with Crippen molar-refractivity contribution < 1.29 is 23.8 Å². The van der Waals surface area contributed by atoms with Crippen LogP contribution in [0.2, 0.25) is 0 Å². The molecular formula is C24H31N7O5. The molecule has 2 aliphatic rings. The number of carbonyl (C=O) groups is 2. The zero-order valence-corrected chi connectivity index (χ0v) is 20.5. The van der Waals surface area contributed by atoms with Crippen LogP contribution in [0.1, 0.15) is 17.9 Å². The van der Waals surface area contributed by atoms with Gasteiger partial charge in [-0.15, -0.1) is 0 Å². The number of anilines is 2. The van der Waals surface area contributed by atoms with E-state index in [1.54, 1.807) is 38.6 Å². The van der Waals surface area contributed by atoms with Crippen LogP contribution in [0, 0.1) is 0 Å². The van der Waals surface area contributed by atoms with Gasteiger partial charge in [0.1, 0.15) is 23.9 Å². The smallest absolute Gasteiger partial charge is 0.238 e. The van der Waals surface area contributed by atoms with Crippen molar-refractivity contribution in [1.82, 2.24) is 20.2 Å². The number of fused-ring (bicyclic) bond motifs is 2. The third-order valence-corrected chi connectivity index (χ3v) is 5.83. The Morgan fingerprint density at radius 3 is 2.81 bits per heavy atom. The molecular weight excluding hydrogens is 466 g/mol. The first-order chi connectivity index (χ1) is 17.6. The van der Waals surface area contributed by atoms with Crippen molar-refractivity contribution in [3.05, 3.63) is 30.1 Å². The first kappa shape index (κ1) is 25.3. The minimum Gasteiger partial charge on any atom is -0.493 e. The van der Waals surface area contributed by atoms with Crippen LogP contribution in [0.5, 0.6) is 11.5 Å². The van der Waals surface area contributed by atoms with Gasteiger partial charge in [0.2, 0.25) is 11.8 Å². The summed E-state index contributed by atoms with van der Waals surface area (Å²) in [7, 11) is 3.21. The van der Waals surface area contributed by atoms with E-state index in [1.807, 2.05) is 4.90 Å². The number of methoxy groups -OCH3 is 2. The number of carbonyl (C=O) groups excluding carboxylic acids is 2. The SMILES string of the molecule is COCCN1CCCOc2cc(ccc2OC)N=CC2C(=O)Nc3ncnc(c32)NCCNC(=O)C1. The van der Waals surface area contributed by atoms with Crippen LogP contribution in [0.15, 0.2) is 29.5 Å². The molecule has 3 heterocycles. The molecule has 192 valence electrons. The molecule has 0 radical (unpaired) electrons. The molecule has 1 aromatic carbocycles. The Kier molecular flexibility index (Phi) is 8.63. The normalized spacial score (nSPS) is 19.0. The Bertz CT molecular complexity index is 1110. The zero-order valence-electron chi connectivity index (χ0n) is 20.5. The molecule has 1 unspecified atom stereocenters. The second-order valence-electron chi connectivity index (χ2n) is 8.31. The Morgan fingerprint density at radius 2 is 1.97 bits per heavy atom. The molecule has 1 atom stereocenters. The van der Waals surface area contributed by atoms with Gasteiger partial charge < -0.3 is 30.2 Å². The summed E-state index contributed by atoms with van der Waals surface area (Å²) in [6.07, 6.45) is 3.66. The molecule has 12 nitrogen and oxygen atoms in total. The van der Waals surface area contributed by atoms with Gasteiger partial charge >= 0.3 is 0 Å². The largest absolute Gasteiger partial charge is 0.493 e. The maximum absolute atomic E-state index is 12.7. The Morgan fingerprint density at radius 1 is 1.14 bits per heavy atom. The summed E-state index contributed by atoms with van der Waals surface area (Å²) < 4.78 is 16.6.